The Morgan fingerprint density at radius 1 is 1.09 bits per heavy atom. The zero-order chi connectivity index (χ0) is 15.2. The number of rotatable bonds is 4. The molecule has 0 amide bonds. The number of hydrogen-bond donors (Lipinski definition) is 1. The van der Waals surface area contributed by atoms with Crippen molar-refractivity contribution in [2.24, 2.45) is 0 Å². The molecule has 3 heterocycles. The zero-order valence-corrected chi connectivity index (χ0v) is 13.0. The van der Waals surface area contributed by atoms with E-state index in [2.05, 4.69) is 51.4 Å². The van der Waals surface area contributed by atoms with Crippen LogP contribution in [0.5, 0.6) is 0 Å². The summed E-state index contributed by atoms with van der Waals surface area (Å²) in [6.45, 7) is 7.50. The van der Waals surface area contributed by atoms with Gasteiger partial charge in [0.25, 0.3) is 0 Å². The second-order valence-corrected chi connectivity index (χ2v) is 5.65. The summed E-state index contributed by atoms with van der Waals surface area (Å²) in [7, 11) is 0. The number of aromatic nitrogens is 2. The molecule has 0 bridgehead atoms. The van der Waals surface area contributed by atoms with E-state index < -0.39 is 0 Å². The highest BCUT2D eigenvalue weighted by atomic mass is 15.2. The summed E-state index contributed by atoms with van der Waals surface area (Å²) in [6, 6.07) is 8.20. The molecule has 3 rings (SSSR count). The van der Waals surface area contributed by atoms with Crippen molar-refractivity contribution < 1.29 is 0 Å². The fraction of sp³-hybridized carbons (Fsp3) is 0.333. The van der Waals surface area contributed by atoms with Gasteiger partial charge in [0.2, 0.25) is 0 Å². The summed E-state index contributed by atoms with van der Waals surface area (Å²) >= 11 is 0. The number of aryl methyl sites for hydroxylation is 1. The Hall–Kier alpha value is -2.04. The summed E-state index contributed by atoms with van der Waals surface area (Å²) in [5.41, 5.74) is 4.22. The van der Waals surface area contributed by atoms with E-state index in [-0.39, 0.29) is 0 Å². The first kappa shape index (κ1) is 14.9. The summed E-state index contributed by atoms with van der Waals surface area (Å²) in [6.07, 6.45) is 8.08. The molecule has 0 aromatic carbocycles. The van der Waals surface area contributed by atoms with Gasteiger partial charge in [-0.1, -0.05) is 12.2 Å². The molecule has 2 aromatic rings. The molecule has 22 heavy (non-hydrogen) atoms. The second kappa shape index (κ2) is 7.29. The van der Waals surface area contributed by atoms with Crippen molar-refractivity contribution in [3.63, 3.8) is 0 Å². The van der Waals surface area contributed by atoms with Crippen LogP contribution >= 0.6 is 0 Å². The maximum absolute atomic E-state index is 4.43. The first-order valence-electron chi connectivity index (χ1n) is 7.80. The van der Waals surface area contributed by atoms with Gasteiger partial charge in [-0.2, -0.15) is 0 Å². The quantitative estimate of drug-likeness (QED) is 0.940. The zero-order valence-electron chi connectivity index (χ0n) is 13.0. The van der Waals surface area contributed by atoms with E-state index in [0.29, 0.717) is 0 Å². The van der Waals surface area contributed by atoms with Crippen LogP contribution in [-0.4, -0.2) is 47.6 Å². The molecule has 2 aromatic heterocycles. The van der Waals surface area contributed by atoms with Gasteiger partial charge >= 0.3 is 0 Å². The molecule has 1 fully saturated rings. The van der Waals surface area contributed by atoms with Gasteiger partial charge in [0.15, 0.2) is 0 Å². The molecule has 1 saturated heterocycles. The number of piperazine rings is 1. The van der Waals surface area contributed by atoms with Gasteiger partial charge < -0.3 is 5.32 Å². The van der Waals surface area contributed by atoms with Gasteiger partial charge in [0.1, 0.15) is 0 Å². The Labute approximate surface area is 131 Å². The number of nitrogens with one attached hydrogen (secondary N) is 1. The molecule has 4 heteroatoms. The van der Waals surface area contributed by atoms with Crippen LogP contribution in [0.15, 0.2) is 42.7 Å². The number of nitrogens with zero attached hydrogens (tertiary/aromatic N) is 3. The van der Waals surface area contributed by atoms with Crippen LogP contribution in [0.1, 0.15) is 11.1 Å². The molecule has 0 aliphatic carbocycles. The monoisotopic (exact) mass is 294 g/mol. The lowest BCUT2D eigenvalue weighted by molar-refractivity contribution is 0.265. The van der Waals surface area contributed by atoms with Gasteiger partial charge in [0.05, 0.1) is 11.4 Å². The Balaban J connectivity index is 1.68. The highest BCUT2D eigenvalue weighted by Crippen LogP contribution is 2.17. The summed E-state index contributed by atoms with van der Waals surface area (Å²) < 4.78 is 0. The van der Waals surface area contributed by atoms with Crippen LogP contribution in [0.2, 0.25) is 0 Å². The third kappa shape index (κ3) is 4.00. The van der Waals surface area contributed by atoms with Crippen molar-refractivity contribution in [3.8, 4) is 11.4 Å². The smallest absolute Gasteiger partial charge is 0.0892 e. The molecule has 0 unspecified atom stereocenters. The minimum Gasteiger partial charge on any atom is -0.314 e. The minimum atomic E-state index is 0.924. The van der Waals surface area contributed by atoms with Crippen LogP contribution < -0.4 is 5.32 Å². The fourth-order valence-electron chi connectivity index (χ4n) is 2.60. The molecule has 0 saturated carbocycles. The summed E-state index contributed by atoms with van der Waals surface area (Å²) in [4.78, 5) is 11.3. The Bertz CT molecular complexity index is 645. The number of pyridine rings is 2. The molecule has 1 N–H and O–H groups in total. The maximum atomic E-state index is 4.43. The van der Waals surface area contributed by atoms with Gasteiger partial charge in [-0.05, 0) is 42.3 Å². The molecule has 0 spiro atoms. The van der Waals surface area contributed by atoms with Crippen molar-refractivity contribution >= 4 is 6.08 Å². The van der Waals surface area contributed by atoms with Gasteiger partial charge in [0, 0.05) is 45.1 Å². The van der Waals surface area contributed by atoms with Gasteiger partial charge in [-0.15, -0.1) is 0 Å². The molecule has 1 aliphatic heterocycles. The SMILES string of the molecule is Cc1ccnc(-c2cc(/C=C/CN3CCNCC3)ccn2)c1. The lowest BCUT2D eigenvalue weighted by Crippen LogP contribution is -2.43. The summed E-state index contributed by atoms with van der Waals surface area (Å²) in [5, 5.41) is 3.37. The van der Waals surface area contributed by atoms with Crippen LogP contribution in [0.3, 0.4) is 0 Å². The average molecular weight is 294 g/mol. The van der Waals surface area contributed by atoms with E-state index in [0.717, 1.165) is 44.1 Å². The average Bonchev–Trinajstić information content (AvgIpc) is 2.56. The molecular formula is C18H22N4. The van der Waals surface area contributed by atoms with Crippen molar-refractivity contribution in [1.29, 1.82) is 0 Å². The lowest BCUT2D eigenvalue weighted by atomic mass is 10.1. The molecule has 4 nitrogen and oxygen atoms in total. The Morgan fingerprint density at radius 2 is 1.82 bits per heavy atom. The number of hydrogen-bond acceptors (Lipinski definition) is 4. The predicted molar refractivity (Wildman–Crippen MR) is 90.5 cm³/mol. The normalized spacial score (nSPS) is 16.2. The highest BCUT2D eigenvalue weighted by Gasteiger charge is 2.06. The van der Waals surface area contributed by atoms with E-state index >= 15 is 0 Å². The lowest BCUT2D eigenvalue weighted by Gasteiger charge is -2.25. The maximum Gasteiger partial charge on any atom is 0.0892 e. The van der Waals surface area contributed by atoms with E-state index in [9.17, 15) is 0 Å². The first-order chi connectivity index (χ1) is 10.8. The largest absolute Gasteiger partial charge is 0.314 e. The second-order valence-electron chi connectivity index (χ2n) is 5.65. The molecule has 0 atom stereocenters. The topological polar surface area (TPSA) is 41.1 Å². The standard InChI is InChI=1S/C18H22N4/c1-15-4-6-20-17(13-15)18-14-16(5-7-21-18)3-2-10-22-11-8-19-9-12-22/h2-7,13-14,19H,8-12H2,1H3/b3-2+. The predicted octanol–water partition coefficient (Wildman–Crippen LogP) is 2.37. The van der Waals surface area contributed by atoms with Gasteiger partial charge in [-0.25, -0.2) is 0 Å². The van der Waals surface area contributed by atoms with Crippen molar-refractivity contribution in [2.75, 3.05) is 32.7 Å². The first-order valence-corrected chi connectivity index (χ1v) is 7.80. The van der Waals surface area contributed by atoms with E-state index in [1.165, 1.54) is 11.1 Å². The van der Waals surface area contributed by atoms with Gasteiger partial charge in [-0.3, -0.25) is 14.9 Å². The van der Waals surface area contributed by atoms with E-state index in [1.54, 1.807) is 0 Å². The van der Waals surface area contributed by atoms with E-state index in [4.69, 9.17) is 0 Å². The van der Waals surface area contributed by atoms with Crippen LogP contribution in [0.25, 0.3) is 17.5 Å². The third-order valence-electron chi connectivity index (χ3n) is 3.85. The summed E-state index contributed by atoms with van der Waals surface area (Å²) in [5.74, 6) is 0. The highest BCUT2D eigenvalue weighted by molar-refractivity contribution is 5.60. The molecule has 0 radical (unpaired) electrons. The minimum absolute atomic E-state index is 0.924. The third-order valence-corrected chi connectivity index (χ3v) is 3.85. The molecule has 1 aliphatic rings. The Kier molecular flexibility index (Phi) is 4.93. The van der Waals surface area contributed by atoms with Crippen LogP contribution in [0, 0.1) is 6.92 Å². The van der Waals surface area contributed by atoms with Crippen LogP contribution in [0.4, 0.5) is 0 Å². The van der Waals surface area contributed by atoms with E-state index in [1.807, 2.05) is 24.5 Å². The molecular weight excluding hydrogens is 272 g/mol. The Morgan fingerprint density at radius 3 is 2.59 bits per heavy atom. The van der Waals surface area contributed by atoms with Crippen LogP contribution in [-0.2, 0) is 0 Å². The van der Waals surface area contributed by atoms with Crippen molar-refractivity contribution in [3.05, 3.63) is 53.9 Å². The fourth-order valence-corrected chi connectivity index (χ4v) is 2.60. The van der Waals surface area contributed by atoms with Crippen molar-refractivity contribution in [2.45, 2.75) is 6.92 Å². The molecule has 114 valence electrons. The van der Waals surface area contributed by atoms with Crippen molar-refractivity contribution in [1.82, 2.24) is 20.2 Å².